The Morgan fingerprint density at radius 2 is 1.86 bits per heavy atom. The molecular formula is C13H26O. The van der Waals surface area contributed by atoms with E-state index < -0.39 is 0 Å². The van der Waals surface area contributed by atoms with Crippen molar-refractivity contribution in [2.45, 2.75) is 64.9 Å². The minimum Gasteiger partial charge on any atom is -0.393 e. The van der Waals surface area contributed by atoms with Crippen LogP contribution in [0.4, 0.5) is 0 Å². The van der Waals surface area contributed by atoms with E-state index in [0.29, 0.717) is 5.92 Å². The van der Waals surface area contributed by atoms with E-state index in [0.717, 1.165) is 12.8 Å². The van der Waals surface area contributed by atoms with Crippen LogP contribution in [0.2, 0.25) is 0 Å². The van der Waals surface area contributed by atoms with Crippen molar-refractivity contribution >= 4 is 0 Å². The summed E-state index contributed by atoms with van der Waals surface area (Å²) in [7, 11) is 0. The standard InChI is InChI=1S/C13H26O/c1-4-6-7-8-9-10-13(14)11-12(3)5-2/h5,12-14H,2,4,6-11H2,1,3H3/t12-,13-/m1/s1. The average molecular weight is 198 g/mol. The minimum absolute atomic E-state index is 0.121. The van der Waals surface area contributed by atoms with Crippen molar-refractivity contribution < 1.29 is 5.11 Å². The molecule has 0 aromatic rings. The first-order valence-electron chi connectivity index (χ1n) is 6.01. The van der Waals surface area contributed by atoms with Crippen LogP contribution in [-0.4, -0.2) is 11.2 Å². The molecule has 14 heavy (non-hydrogen) atoms. The van der Waals surface area contributed by atoms with Crippen LogP contribution in [0.15, 0.2) is 12.7 Å². The Bertz CT molecular complexity index is 131. The SMILES string of the molecule is C=C[C@@H](C)C[C@H](O)CCCCCCC. The fourth-order valence-corrected chi connectivity index (χ4v) is 1.63. The fraction of sp³-hybridized carbons (Fsp3) is 0.846. The maximum absolute atomic E-state index is 9.66. The first kappa shape index (κ1) is 13.7. The van der Waals surface area contributed by atoms with Crippen LogP contribution in [0.25, 0.3) is 0 Å². The summed E-state index contributed by atoms with van der Waals surface area (Å²) in [4.78, 5) is 0. The van der Waals surface area contributed by atoms with Crippen molar-refractivity contribution in [3.8, 4) is 0 Å². The third-order valence-electron chi connectivity index (χ3n) is 2.69. The monoisotopic (exact) mass is 198 g/mol. The molecule has 0 fully saturated rings. The first-order chi connectivity index (χ1) is 6.70. The van der Waals surface area contributed by atoms with E-state index in [-0.39, 0.29) is 6.10 Å². The molecule has 1 heteroatoms. The molecular weight excluding hydrogens is 172 g/mol. The van der Waals surface area contributed by atoms with E-state index >= 15 is 0 Å². The van der Waals surface area contributed by atoms with Crippen LogP contribution in [0.5, 0.6) is 0 Å². The van der Waals surface area contributed by atoms with Gasteiger partial charge in [0, 0.05) is 0 Å². The maximum atomic E-state index is 9.66. The van der Waals surface area contributed by atoms with Crippen molar-refractivity contribution in [3.63, 3.8) is 0 Å². The molecule has 0 unspecified atom stereocenters. The lowest BCUT2D eigenvalue weighted by Gasteiger charge is -2.12. The van der Waals surface area contributed by atoms with Crippen LogP contribution in [0, 0.1) is 5.92 Å². The second kappa shape index (κ2) is 9.26. The van der Waals surface area contributed by atoms with Crippen LogP contribution in [0.1, 0.15) is 58.8 Å². The minimum atomic E-state index is -0.121. The summed E-state index contributed by atoms with van der Waals surface area (Å²) < 4.78 is 0. The average Bonchev–Trinajstić information content (AvgIpc) is 2.17. The summed E-state index contributed by atoms with van der Waals surface area (Å²) in [6.07, 6.45) is 10.0. The second-order valence-corrected chi connectivity index (χ2v) is 4.31. The number of hydrogen-bond donors (Lipinski definition) is 1. The summed E-state index contributed by atoms with van der Waals surface area (Å²) in [6.45, 7) is 8.05. The molecule has 0 rings (SSSR count). The van der Waals surface area contributed by atoms with Crippen LogP contribution < -0.4 is 0 Å². The van der Waals surface area contributed by atoms with Gasteiger partial charge in [-0.3, -0.25) is 0 Å². The first-order valence-corrected chi connectivity index (χ1v) is 6.01. The highest BCUT2D eigenvalue weighted by atomic mass is 16.3. The Balaban J connectivity index is 3.26. The summed E-state index contributed by atoms with van der Waals surface area (Å²) >= 11 is 0. The number of unbranched alkanes of at least 4 members (excludes halogenated alkanes) is 4. The highest BCUT2D eigenvalue weighted by Crippen LogP contribution is 2.13. The third kappa shape index (κ3) is 8.31. The Morgan fingerprint density at radius 1 is 1.21 bits per heavy atom. The molecule has 0 saturated carbocycles. The van der Waals surface area contributed by atoms with Gasteiger partial charge in [0.15, 0.2) is 0 Å². The van der Waals surface area contributed by atoms with Gasteiger partial charge >= 0.3 is 0 Å². The Hall–Kier alpha value is -0.300. The normalized spacial score (nSPS) is 15.1. The molecule has 0 aliphatic heterocycles. The van der Waals surface area contributed by atoms with Crippen LogP contribution in [0.3, 0.4) is 0 Å². The molecule has 0 radical (unpaired) electrons. The molecule has 0 aromatic heterocycles. The van der Waals surface area contributed by atoms with Gasteiger partial charge in [0.25, 0.3) is 0 Å². The molecule has 0 saturated heterocycles. The lowest BCUT2D eigenvalue weighted by Crippen LogP contribution is -2.10. The summed E-state index contributed by atoms with van der Waals surface area (Å²) in [6, 6.07) is 0. The van der Waals surface area contributed by atoms with Gasteiger partial charge in [0.1, 0.15) is 0 Å². The Morgan fingerprint density at radius 3 is 2.43 bits per heavy atom. The Labute approximate surface area is 89.2 Å². The molecule has 0 amide bonds. The van der Waals surface area contributed by atoms with E-state index in [2.05, 4.69) is 20.4 Å². The molecule has 0 aromatic carbocycles. The fourth-order valence-electron chi connectivity index (χ4n) is 1.63. The van der Waals surface area contributed by atoms with Gasteiger partial charge in [0.2, 0.25) is 0 Å². The van der Waals surface area contributed by atoms with Gasteiger partial charge < -0.3 is 5.11 Å². The summed E-state index contributed by atoms with van der Waals surface area (Å²) in [5.74, 6) is 0.445. The lowest BCUT2D eigenvalue weighted by molar-refractivity contribution is 0.140. The Kier molecular flexibility index (Phi) is 9.06. The molecule has 0 bridgehead atoms. The third-order valence-corrected chi connectivity index (χ3v) is 2.69. The van der Waals surface area contributed by atoms with E-state index in [1.807, 2.05) is 6.08 Å². The molecule has 0 aliphatic rings. The molecule has 0 heterocycles. The lowest BCUT2D eigenvalue weighted by atomic mass is 9.99. The van der Waals surface area contributed by atoms with Gasteiger partial charge in [0.05, 0.1) is 6.10 Å². The molecule has 1 nitrogen and oxygen atoms in total. The zero-order chi connectivity index (χ0) is 10.8. The topological polar surface area (TPSA) is 20.2 Å². The smallest absolute Gasteiger partial charge is 0.0545 e. The highest BCUT2D eigenvalue weighted by Gasteiger charge is 2.06. The van der Waals surface area contributed by atoms with Crippen molar-refractivity contribution in [1.82, 2.24) is 0 Å². The van der Waals surface area contributed by atoms with Crippen LogP contribution in [-0.2, 0) is 0 Å². The predicted octanol–water partition coefficient (Wildman–Crippen LogP) is 3.92. The van der Waals surface area contributed by atoms with Gasteiger partial charge in [-0.2, -0.15) is 0 Å². The van der Waals surface area contributed by atoms with Gasteiger partial charge in [-0.05, 0) is 18.8 Å². The number of aliphatic hydroxyl groups excluding tert-OH is 1. The van der Waals surface area contributed by atoms with Crippen LogP contribution >= 0.6 is 0 Å². The molecule has 0 spiro atoms. The van der Waals surface area contributed by atoms with E-state index in [1.54, 1.807) is 0 Å². The number of rotatable bonds is 9. The summed E-state index contributed by atoms with van der Waals surface area (Å²) in [5, 5.41) is 9.66. The molecule has 2 atom stereocenters. The molecule has 0 aliphatic carbocycles. The highest BCUT2D eigenvalue weighted by molar-refractivity contribution is 4.77. The van der Waals surface area contributed by atoms with Crippen molar-refractivity contribution in [3.05, 3.63) is 12.7 Å². The number of allylic oxidation sites excluding steroid dienone is 1. The quantitative estimate of drug-likeness (QED) is 0.440. The summed E-state index contributed by atoms with van der Waals surface area (Å²) in [5.41, 5.74) is 0. The zero-order valence-corrected chi connectivity index (χ0v) is 9.84. The van der Waals surface area contributed by atoms with E-state index in [1.165, 1.54) is 32.1 Å². The van der Waals surface area contributed by atoms with E-state index in [4.69, 9.17) is 0 Å². The van der Waals surface area contributed by atoms with Gasteiger partial charge in [-0.25, -0.2) is 0 Å². The molecule has 84 valence electrons. The number of hydrogen-bond acceptors (Lipinski definition) is 1. The van der Waals surface area contributed by atoms with E-state index in [9.17, 15) is 5.11 Å². The largest absolute Gasteiger partial charge is 0.393 e. The molecule has 1 N–H and O–H groups in total. The predicted molar refractivity (Wildman–Crippen MR) is 63.4 cm³/mol. The zero-order valence-electron chi connectivity index (χ0n) is 9.84. The van der Waals surface area contributed by atoms with Crippen molar-refractivity contribution in [2.75, 3.05) is 0 Å². The van der Waals surface area contributed by atoms with Gasteiger partial charge in [-0.15, -0.1) is 6.58 Å². The van der Waals surface area contributed by atoms with Gasteiger partial charge in [-0.1, -0.05) is 52.0 Å². The van der Waals surface area contributed by atoms with Crippen molar-refractivity contribution in [1.29, 1.82) is 0 Å². The number of aliphatic hydroxyl groups is 1. The second-order valence-electron chi connectivity index (χ2n) is 4.31. The maximum Gasteiger partial charge on any atom is 0.0545 e. The van der Waals surface area contributed by atoms with Crippen molar-refractivity contribution in [2.24, 2.45) is 5.92 Å².